The lowest BCUT2D eigenvalue weighted by Crippen LogP contribution is -1.98. The van der Waals surface area contributed by atoms with Crippen LogP contribution in [-0.2, 0) is 9.53 Å². The Kier molecular flexibility index (Phi) is 9.23. The molecule has 106 valence electrons. The number of unbranched alkanes of at least 4 members (excludes halogenated alkanes) is 1. The minimum absolute atomic E-state index is 0.105. The number of carbonyl (C=O) groups is 1. The molecule has 0 amide bonds. The van der Waals surface area contributed by atoms with E-state index in [0.717, 1.165) is 29.7 Å². The highest BCUT2D eigenvalue weighted by Gasteiger charge is 1.99. The number of hydrogen-bond acceptors (Lipinski definition) is 3. The lowest BCUT2D eigenvalue weighted by Gasteiger charge is -2.05. The minimum Gasteiger partial charge on any atom is -0.496 e. The van der Waals surface area contributed by atoms with Gasteiger partial charge in [-0.15, -0.1) is 0 Å². The molecular weight excluding hydrogens is 240 g/mol. The number of methoxy groups -OCH3 is 2. The number of esters is 1. The van der Waals surface area contributed by atoms with E-state index in [1.165, 1.54) is 7.11 Å². The summed E-state index contributed by atoms with van der Waals surface area (Å²) in [6.07, 6.45) is 4.38. The van der Waals surface area contributed by atoms with E-state index in [9.17, 15) is 4.79 Å². The molecule has 0 aromatic heterocycles. The van der Waals surface area contributed by atoms with Crippen molar-refractivity contribution in [3.63, 3.8) is 0 Å². The number of carbonyl (C=O) groups excluding carboxylic acids is 1. The Morgan fingerprint density at radius 3 is 2.53 bits per heavy atom. The largest absolute Gasteiger partial charge is 0.496 e. The second kappa shape index (κ2) is 10.2. The Morgan fingerprint density at radius 1 is 1.37 bits per heavy atom. The Balaban J connectivity index is 0.000000362. The molecule has 0 unspecified atom stereocenters. The Labute approximate surface area is 116 Å². The van der Waals surface area contributed by atoms with Crippen LogP contribution in [0.4, 0.5) is 0 Å². The van der Waals surface area contributed by atoms with Crippen molar-refractivity contribution >= 4 is 12.0 Å². The lowest BCUT2D eigenvalue weighted by atomic mass is 10.1. The molecule has 0 atom stereocenters. The second-order valence-corrected chi connectivity index (χ2v) is 4.06. The maximum Gasteiger partial charge on any atom is 0.305 e. The van der Waals surface area contributed by atoms with Gasteiger partial charge in [-0.3, -0.25) is 4.79 Å². The van der Waals surface area contributed by atoms with Gasteiger partial charge < -0.3 is 9.47 Å². The van der Waals surface area contributed by atoms with Crippen molar-refractivity contribution in [3.05, 3.63) is 35.9 Å². The molecule has 0 aliphatic rings. The third-order valence-corrected chi connectivity index (χ3v) is 2.73. The monoisotopic (exact) mass is 264 g/mol. The molecule has 0 saturated heterocycles. The van der Waals surface area contributed by atoms with Gasteiger partial charge in [0, 0.05) is 6.42 Å². The van der Waals surface area contributed by atoms with Crippen molar-refractivity contribution < 1.29 is 14.3 Å². The first-order valence-electron chi connectivity index (χ1n) is 6.43. The van der Waals surface area contributed by atoms with Crippen molar-refractivity contribution in [2.24, 2.45) is 0 Å². The molecular formula is C16H24O3. The van der Waals surface area contributed by atoms with Crippen molar-refractivity contribution in [2.75, 3.05) is 14.2 Å². The third kappa shape index (κ3) is 6.65. The fraction of sp³-hybridized carbons (Fsp3) is 0.438. The summed E-state index contributed by atoms with van der Waals surface area (Å²) < 4.78 is 9.55. The van der Waals surface area contributed by atoms with Gasteiger partial charge in [0.25, 0.3) is 0 Å². The maximum atomic E-state index is 10.3. The van der Waals surface area contributed by atoms with Gasteiger partial charge in [0.1, 0.15) is 5.75 Å². The molecule has 0 fully saturated rings. The standard InChI is InChI=1S/C10H12O.C6H12O2/c1-4-9-6-5-7-10(11-3)8(9)2;1-3-4-5-6(7)8-2/h4-7H,1H2,2-3H3;3-5H2,1-2H3. The van der Waals surface area contributed by atoms with Crippen LogP contribution in [0.15, 0.2) is 24.8 Å². The number of benzene rings is 1. The molecule has 0 saturated carbocycles. The van der Waals surface area contributed by atoms with Crippen LogP contribution >= 0.6 is 0 Å². The van der Waals surface area contributed by atoms with Gasteiger partial charge in [0.05, 0.1) is 14.2 Å². The van der Waals surface area contributed by atoms with Gasteiger partial charge in [0.15, 0.2) is 0 Å². The number of hydrogen-bond donors (Lipinski definition) is 0. The summed E-state index contributed by atoms with van der Waals surface area (Å²) in [5.74, 6) is 0.814. The summed E-state index contributed by atoms with van der Waals surface area (Å²) in [6.45, 7) is 7.78. The van der Waals surface area contributed by atoms with Crippen LogP contribution in [0.5, 0.6) is 5.75 Å². The quantitative estimate of drug-likeness (QED) is 0.754. The van der Waals surface area contributed by atoms with Crippen LogP contribution in [0.25, 0.3) is 6.08 Å². The van der Waals surface area contributed by atoms with E-state index in [-0.39, 0.29) is 5.97 Å². The van der Waals surface area contributed by atoms with E-state index in [1.54, 1.807) is 7.11 Å². The van der Waals surface area contributed by atoms with E-state index in [4.69, 9.17) is 4.74 Å². The average molecular weight is 264 g/mol. The molecule has 0 radical (unpaired) electrons. The summed E-state index contributed by atoms with van der Waals surface area (Å²) >= 11 is 0. The van der Waals surface area contributed by atoms with Crippen molar-refractivity contribution in [1.82, 2.24) is 0 Å². The molecule has 1 aromatic carbocycles. The van der Waals surface area contributed by atoms with Crippen LogP contribution in [0.3, 0.4) is 0 Å². The third-order valence-electron chi connectivity index (χ3n) is 2.73. The molecule has 19 heavy (non-hydrogen) atoms. The van der Waals surface area contributed by atoms with Gasteiger partial charge in [-0.2, -0.15) is 0 Å². The smallest absolute Gasteiger partial charge is 0.305 e. The number of ether oxygens (including phenoxy) is 2. The predicted molar refractivity (Wildman–Crippen MR) is 79.4 cm³/mol. The van der Waals surface area contributed by atoms with Crippen LogP contribution in [0, 0.1) is 6.92 Å². The zero-order valence-electron chi connectivity index (χ0n) is 12.4. The zero-order valence-corrected chi connectivity index (χ0v) is 12.4. The SMILES string of the molecule is C=Cc1cccc(OC)c1C.CCCCC(=O)OC. The Bertz CT molecular complexity index is 397. The average Bonchev–Trinajstić information content (AvgIpc) is 2.45. The highest BCUT2D eigenvalue weighted by molar-refractivity contribution is 5.68. The van der Waals surface area contributed by atoms with E-state index < -0.39 is 0 Å². The Hall–Kier alpha value is -1.77. The summed E-state index contributed by atoms with van der Waals surface area (Å²) in [6, 6.07) is 5.93. The summed E-state index contributed by atoms with van der Waals surface area (Å²) in [5.41, 5.74) is 2.27. The molecule has 3 nitrogen and oxygen atoms in total. The van der Waals surface area contributed by atoms with Gasteiger partial charge in [-0.05, 0) is 30.5 Å². The molecule has 1 aromatic rings. The molecule has 0 aliphatic carbocycles. The molecule has 0 heterocycles. The highest BCUT2D eigenvalue weighted by atomic mass is 16.5. The minimum atomic E-state index is -0.105. The molecule has 0 N–H and O–H groups in total. The van der Waals surface area contributed by atoms with Crippen LogP contribution < -0.4 is 4.74 Å². The molecule has 0 aliphatic heterocycles. The fourth-order valence-corrected chi connectivity index (χ4v) is 1.50. The summed E-state index contributed by atoms with van der Waals surface area (Å²) in [4.78, 5) is 10.3. The fourth-order valence-electron chi connectivity index (χ4n) is 1.50. The molecule has 1 rings (SSSR count). The molecule has 0 bridgehead atoms. The zero-order chi connectivity index (χ0) is 14.7. The number of rotatable bonds is 5. The van der Waals surface area contributed by atoms with E-state index >= 15 is 0 Å². The predicted octanol–water partition coefficient (Wildman–Crippen LogP) is 4.00. The van der Waals surface area contributed by atoms with Gasteiger partial charge in [-0.1, -0.05) is 38.1 Å². The topological polar surface area (TPSA) is 35.5 Å². The molecule has 3 heteroatoms. The van der Waals surface area contributed by atoms with Crippen molar-refractivity contribution in [3.8, 4) is 5.75 Å². The van der Waals surface area contributed by atoms with E-state index in [1.807, 2.05) is 38.1 Å². The van der Waals surface area contributed by atoms with Crippen LogP contribution in [0.1, 0.15) is 37.3 Å². The first kappa shape index (κ1) is 17.2. The summed E-state index contributed by atoms with van der Waals surface area (Å²) in [5, 5.41) is 0. The van der Waals surface area contributed by atoms with E-state index in [2.05, 4.69) is 11.3 Å². The van der Waals surface area contributed by atoms with Gasteiger partial charge >= 0.3 is 5.97 Å². The first-order chi connectivity index (χ1) is 9.10. The second-order valence-electron chi connectivity index (χ2n) is 4.06. The van der Waals surface area contributed by atoms with Crippen molar-refractivity contribution in [1.29, 1.82) is 0 Å². The lowest BCUT2D eigenvalue weighted by molar-refractivity contribution is -0.140. The van der Waals surface area contributed by atoms with E-state index in [0.29, 0.717) is 6.42 Å². The normalized spacial score (nSPS) is 9.05. The maximum absolute atomic E-state index is 10.3. The Morgan fingerprint density at radius 2 is 2.05 bits per heavy atom. The van der Waals surface area contributed by atoms with Crippen LogP contribution in [-0.4, -0.2) is 20.2 Å². The molecule has 0 spiro atoms. The van der Waals surface area contributed by atoms with Crippen molar-refractivity contribution in [2.45, 2.75) is 33.1 Å². The summed E-state index contributed by atoms with van der Waals surface area (Å²) in [7, 11) is 3.09. The van der Waals surface area contributed by atoms with Gasteiger partial charge in [0.2, 0.25) is 0 Å². The first-order valence-corrected chi connectivity index (χ1v) is 6.43. The van der Waals surface area contributed by atoms with Crippen LogP contribution in [0.2, 0.25) is 0 Å². The highest BCUT2D eigenvalue weighted by Crippen LogP contribution is 2.21. The van der Waals surface area contributed by atoms with Gasteiger partial charge in [-0.25, -0.2) is 0 Å².